The van der Waals surface area contributed by atoms with Crippen molar-refractivity contribution in [3.05, 3.63) is 0 Å². The van der Waals surface area contributed by atoms with Crippen LogP contribution in [0, 0.1) is 0 Å². The second kappa shape index (κ2) is 4.80. The number of hydrogen-bond donors (Lipinski definition) is 0. The fourth-order valence-electron chi connectivity index (χ4n) is 0.990. The van der Waals surface area contributed by atoms with Crippen LogP contribution >= 0.6 is 0 Å². The van der Waals surface area contributed by atoms with Crippen molar-refractivity contribution >= 4 is 0 Å². The highest BCUT2D eigenvalue weighted by molar-refractivity contribution is 5.05. The summed E-state index contributed by atoms with van der Waals surface area (Å²) in [6, 6.07) is -7.31. The summed E-state index contributed by atoms with van der Waals surface area (Å²) >= 11 is 0. The highest BCUT2D eigenvalue weighted by atomic mass is 19.4. The van der Waals surface area contributed by atoms with E-state index in [4.69, 9.17) is 0 Å². The lowest BCUT2D eigenvalue weighted by atomic mass is 10.0. The minimum atomic E-state index is -7.62. The Hall–Kier alpha value is -0.950. The van der Waals surface area contributed by atoms with Crippen molar-refractivity contribution in [2.45, 2.75) is 30.4 Å². The summed E-state index contributed by atoms with van der Waals surface area (Å²) in [6.07, 6.45) is -21.6. The number of halogens is 13. The summed E-state index contributed by atoms with van der Waals surface area (Å²) in [6.45, 7) is -3.53. The number of nitrogens with zero attached hydrogens (tertiary/aromatic N) is 1. The molecule has 0 bridgehead atoms. The van der Waals surface area contributed by atoms with Gasteiger partial charge in [0, 0.05) is 0 Å². The van der Waals surface area contributed by atoms with Gasteiger partial charge in [-0.25, -0.2) is 8.78 Å². The van der Waals surface area contributed by atoms with E-state index in [1.54, 1.807) is 0 Å². The molecular weight excluding hydrogens is 333 g/mol. The SMILES string of the molecule is FCN(C(F)(F)F)C(F)(F)C(F)(C(F)(F)F)C(F)(F)F. The van der Waals surface area contributed by atoms with Gasteiger partial charge in [0.05, 0.1) is 0 Å². The minimum absolute atomic E-state index is 3.14. The standard InChI is InChI=1S/C6H2F13N/c7-1-20(6(17,18)19)5(15,16)2(8,3(9,10)11)4(12,13)14/h1H2. The molecule has 0 spiro atoms. The first-order valence-electron chi connectivity index (χ1n) is 4.05. The average molecular weight is 335 g/mol. The molecule has 20 heavy (non-hydrogen) atoms. The van der Waals surface area contributed by atoms with E-state index < -0.39 is 42.1 Å². The second-order valence-electron chi connectivity index (χ2n) is 3.21. The van der Waals surface area contributed by atoms with Gasteiger partial charge in [0.1, 0.15) is 0 Å². The normalized spacial score (nSPS) is 15.9. The Kier molecular flexibility index (Phi) is 4.58. The van der Waals surface area contributed by atoms with Crippen LogP contribution in [0.25, 0.3) is 0 Å². The molecule has 1 nitrogen and oxygen atoms in total. The van der Waals surface area contributed by atoms with Gasteiger partial charge in [-0.2, -0.15) is 48.3 Å². The van der Waals surface area contributed by atoms with Crippen LogP contribution in [0.5, 0.6) is 0 Å². The van der Waals surface area contributed by atoms with E-state index in [0.29, 0.717) is 0 Å². The topological polar surface area (TPSA) is 3.24 Å². The van der Waals surface area contributed by atoms with Gasteiger partial charge in [0.25, 0.3) is 0 Å². The zero-order chi connectivity index (χ0) is 16.8. The van der Waals surface area contributed by atoms with Crippen molar-refractivity contribution in [3.63, 3.8) is 0 Å². The van der Waals surface area contributed by atoms with Crippen LogP contribution in [0.1, 0.15) is 0 Å². The van der Waals surface area contributed by atoms with E-state index >= 15 is 0 Å². The molecule has 0 saturated carbocycles. The molecule has 0 aliphatic heterocycles. The molecule has 0 aromatic carbocycles. The molecule has 122 valence electrons. The lowest BCUT2D eigenvalue weighted by molar-refractivity contribution is -0.455. The predicted molar refractivity (Wildman–Crippen MR) is 34.8 cm³/mol. The van der Waals surface area contributed by atoms with Crippen LogP contribution in [-0.2, 0) is 0 Å². The van der Waals surface area contributed by atoms with Crippen LogP contribution in [0.4, 0.5) is 57.1 Å². The molecule has 0 fully saturated rings. The van der Waals surface area contributed by atoms with Gasteiger partial charge in [-0.05, 0) is 0 Å². The van der Waals surface area contributed by atoms with Gasteiger partial charge in [-0.3, -0.25) is 0 Å². The Morgan fingerprint density at radius 2 is 0.900 bits per heavy atom. The molecule has 0 aliphatic carbocycles. The molecule has 0 atom stereocenters. The quantitative estimate of drug-likeness (QED) is 0.553. The first-order valence-corrected chi connectivity index (χ1v) is 4.05. The first kappa shape index (κ1) is 19.1. The van der Waals surface area contributed by atoms with Gasteiger partial charge in [0.2, 0.25) is 0 Å². The fraction of sp³-hybridized carbons (Fsp3) is 1.00. The molecule has 0 amide bonds. The summed E-state index contributed by atoms with van der Waals surface area (Å²) in [7, 11) is 0. The Labute approximate surface area is 100 Å². The van der Waals surface area contributed by atoms with E-state index in [1.165, 1.54) is 0 Å². The monoisotopic (exact) mass is 335 g/mol. The Morgan fingerprint density at radius 3 is 1.05 bits per heavy atom. The van der Waals surface area contributed by atoms with Gasteiger partial charge in [-0.1, -0.05) is 0 Å². The smallest absolute Gasteiger partial charge is 0.233 e. The number of hydrogen-bond acceptors (Lipinski definition) is 1. The zero-order valence-electron chi connectivity index (χ0n) is 8.57. The molecule has 0 saturated heterocycles. The van der Waals surface area contributed by atoms with E-state index in [-0.39, 0.29) is 0 Å². The molecule has 0 radical (unpaired) electrons. The fourth-order valence-corrected chi connectivity index (χ4v) is 0.990. The van der Waals surface area contributed by atoms with Gasteiger partial charge in [0.15, 0.2) is 6.80 Å². The lowest BCUT2D eigenvalue weighted by Crippen LogP contribution is -2.71. The summed E-state index contributed by atoms with van der Waals surface area (Å²) in [5, 5.41) is 0. The predicted octanol–water partition coefficient (Wildman–Crippen LogP) is 4.16. The Bertz CT molecular complexity index is 320. The maximum absolute atomic E-state index is 12.8. The minimum Gasteiger partial charge on any atom is -0.233 e. The third-order valence-electron chi connectivity index (χ3n) is 1.96. The summed E-state index contributed by atoms with van der Waals surface area (Å²) in [5.41, 5.74) is -7.62. The molecular formula is C6H2F13N. The lowest BCUT2D eigenvalue weighted by Gasteiger charge is -2.40. The molecule has 0 aliphatic rings. The van der Waals surface area contributed by atoms with Crippen LogP contribution in [0.2, 0.25) is 0 Å². The van der Waals surface area contributed by atoms with Crippen molar-refractivity contribution in [1.29, 1.82) is 0 Å². The molecule has 0 rings (SSSR count). The van der Waals surface area contributed by atoms with Crippen LogP contribution < -0.4 is 0 Å². The highest BCUT2D eigenvalue weighted by Crippen LogP contribution is 2.57. The van der Waals surface area contributed by atoms with Crippen LogP contribution in [-0.4, -0.2) is 42.1 Å². The number of rotatable bonds is 3. The average Bonchev–Trinajstić information content (AvgIpc) is 2.10. The van der Waals surface area contributed by atoms with Crippen molar-refractivity contribution < 1.29 is 57.1 Å². The second-order valence-corrected chi connectivity index (χ2v) is 3.21. The van der Waals surface area contributed by atoms with E-state index in [9.17, 15) is 57.1 Å². The van der Waals surface area contributed by atoms with Crippen molar-refractivity contribution in [1.82, 2.24) is 4.90 Å². The van der Waals surface area contributed by atoms with E-state index in [0.717, 1.165) is 0 Å². The molecule has 0 unspecified atom stereocenters. The third-order valence-corrected chi connectivity index (χ3v) is 1.96. The zero-order valence-corrected chi connectivity index (χ0v) is 8.57. The molecule has 0 aromatic heterocycles. The summed E-state index contributed by atoms with van der Waals surface area (Å²) in [4.78, 5) is -3.14. The third kappa shape index (κ3) is 2.74. The largest absolute Gasteiger partial charge is 0.466 e. The molecule has 0 heterocycles. The Morgan fingerprint density at radius 1 is 0.600 bits per heavy atom. The number of alkyl halides is 13. The van der Waals surface area contributed by atoms with E-state index in [1.807, 2.05) is 0 Å². The first-order chi connectivity index (χ1) is 8.44. The van der Waals surface area contributed by atoms with Crippen molar-refractivity contribution in [2.75, 3.05) is 6.80 Å². The van der Waals surface area contributed by atoms with Gasteiger partial charge in [-0.15, -0.1) is 4.90 Å². The van der Waals surface area contributed by atoms with Crippen molar-refractivity contribution in [2.24, 2.45) is 0 Å². The Balaban J connectivity index is 6.20. The maximum Gasteiger partial charge on any atom is 0.466 e. The molecule has 0 aromatic rings. The summed E-state index contributed by atoms with van der Waals surface area (Å²) < 4.78 is 157. The highest BCUT2D eigenvalue weighted by Gasteiger charge is 2.87. The van der Waals surface area contributed by atoms with Crippen LogP contribution in [0.15, 0.2) is 0 Å². The maximum atomic E-state index is 12.8. The van der Waals surface area contributed by atoms with Crippen molar-refractivity contribution in [3.8, 4) is 0 Å². The molecule has 14 heteroatoms. The summed E-state index contributed by atoms with van der Waals surface area (Å²) in [5.74, 6) is 0. The molecule has 0 N–H and O–H groups in total. The van der Waals surface area contributed by atoms with Gasteiger partial charge < -0.3 is 0 Å². The van der Waals surface area contributed by atoms with Crippen LogP contribution in [0.3, 0.4) is 0 Å². The van der Waals surface area contributed by atoms with E-state index in [2.05, 4.69) is 0 Å². The van der Waals surface area contributed by atoms with Gasteiger partial charge >= 0.3 is 30.4 Å².